The Bertz CT molecular complexity index is 1000. The second kappa shape index (κ2) is 5.93. The summed E-state index contributed by atoms with van der Waals surface area (Å²) in [4.78, 5) is 4.79. The summed E-state index contributed by atoms with van der Waals surface area (Å²) in [5.74, 6) is 0. The van der Waals surface area contributed by atoms with Crippen LogP contribution >= 0.6 is 0 Å². The van der Waals surface area contributed by atoms with Crippen LogP contribution in [0, 0.1) is 13.8 Å². The van der Waals surface area contributed by atoms with Crippen molar-refractivity contribution in [2.75, 3.05) is 0 Å². The molecule has 0 aliphatic heterocycles. The third-order valence-electron chi connectivity index (χ3n) is 4.32. The number of hydrogen-bond acceptors (Lipinski definition) is 1. The van der Waals surface area contributed by atoms with Gasteiger partial charge in [-0.15, -0.1) is 0 Å². The fourth-order valence-corrected chi connectivity index (χ4v) is 3.34. The van der Waals surface area contributed by atoms with Gasteiger partial charge in [0, 0.05) is 10.8 Å². The third-order valence-corrected chi connectivity index (χ3v) is 4.32. The van der Waals surface area contributed by atoms with Gasteiger partial charge in [0.1, 0.15) is 0 Å². The summed E-state index contributed by atoms with van der Waals surface area (Å²) < 4.78 is 0. The number of hydrogen-bond donors (Lipinski definition) is 0. The van der Waals surface area contributed by atoms with E-state index in [1.165, 1.54) is 33.0 Å². The maximum Gasteiger partial charge on any atom is 0.0715 e. The van der Waals surface area contributed by atoms with Gasteiger partial charge in [-0.25, -0.2) is 4.98 Å². The number of aromatic nitrogens is 1. The van der Waals surface area contributed by atoms with Crippen LogP contribution in [0.15, 0.2) is 66.7 Å². The van der Waals surface area contributed by atoms with E-state index < -0.39 is 0 Å². The van der Waals surface area contributed by atoms with Gasteiger partial charge < -0.3 is 0 Å². The van der Waals surface area contributed by atoms with E-state index in [9.17, 15) is 0 Å². The Kier molecular flexibility index (Phi) is 3.62. The molecule has 1 nitrogen and oxygen atoms in total. The highest BCUT2D eigenvalue weighted by Gasteiger charge is 2.06. The molecule has 1 heterocycles. The summed E-state index contributed by atoms with van der Waals surface area (Å²) in [5.41, 5.74) is 7.12. The van der Waals surface area contributed by atoms with Crippen LogP contribution in [0.5, 0.6) is 0 Å². The lowest BCUT2D eigenvalue weighted by molar-refractivity contribution is 1.37. The second-order valence-electron chi connectivity index (χ2n) is 6.31. The minimum Gasteiger partial charge on any atom is -0.248 e. The van der Waals surface area contributed by atoms with Crippen LogP contribution in [-0.2, 0) is 0 Å². The molecule has 4 rings (SSSR count). The van der Waals surface area contributed by atoms with Crippen LogP contribution < -0.4 is 0 Å². The van der Waals surface area contributed by atoms with Gasteiger partial charge in [0.25, 0.3) is 0 Å². The molecule has 0 unspecified atom stereocenters. The first-order chi connectivity index (χ1) is 11.7. The molecule has 0 aliphatic rings. The minimum absolute atomic E-state index is 1.04. The molecule has 1 heteroatoms. The van der Waals surface area contributed by atoms with Gasteiger partial charge in [-0.3, -0.25) is 0 Å². The van der Waals surface area contributed by atoms with E-state index in [0.717, 1.165) is 11.0 Å². The Morgan fingerprint density at radius 2 is 1.21 bits per heavy atom. The van der Waals surface area contributed by atoms with E-state index in [-0.39, 0.29) is 0 Å². The van der Waals surface area contributed by atoms with Crippen molar-refractivity contribution in [3.63, 3.8) is 0 Å². The smallest absolute Gasteiger partial charge is 0.0715 e. The lowest BCUT2D eigenvalue weighted by atomic mass is 10.0. The number of fused-ring (bicyclic) bond motifs is 2. The summed E-state index contributed by atoms with van der Waals surface area (Å²) in [5, 5.41) is 2.38. The van der Waals surface area contributed by atoms with E-state index in [4.69, 9.17) is 4.98 Å². The largest absolute Gasteiger partial charge is 0.248 e. The Balaban J connectivity index is 1.94. The van der Waals surface area contributed by atoms with Gasteiger partial charge in [-0.05, 0) is 37.1 Å². The van der Waals surface area contributed by atoms with E-state index >= 15 is 0 Å². The van der Waals surface area contributed by atoms with Gasteiger partial charge in [-0.1, -0.05) is 77.9 Å². The molecule has 0 fully saturated rings. The quantitative estimate of drug-likeness (QED) is 0.403. The van der Waals surface area contributed by atoms with Gasteiger partial charge in [0.05, 0.1) is 11.0 Å². The van der Waals surface area contributed by atoms with Crippen molar-refractivity contribution in [2.45, 2.75) is 13.8 Å². The maximum absolute atomic E-state index is 4.79. The van der Waals surface area contributed by atoms with E-state index in [0.29, 0.717) is 0 Å². The monoisotopic (exact) mass is 309 g/mol. The highest BCUT2D eigenvalue weighted by molar-refractivity contribution is 6.04. The zero-order valence-corrected chi connectivity index (χ0v) is 14.0. The minimum atomic E-state index is 1.04. The molecule has 0 spiro atoms. The summed E-state index contributed by atoms with van der Waals surface area (Å²) >= 11 is 0. The van der Waals surface area contributed by atoms with Crippen LogP contribution in [0.4, 0.5) is 0 Å². The Morgan fingerprint density at radius 1 is 0.667 bits per heavy atom. The SMILES string of the molecule is Cc1cc(C)cc(C=Cc2c3ccccc3nc3ccccc23)c1. The summed E-state index contributed by atoms with van der Waals surface area (Å²) in [7, 11) is 0. The van der Waals surface area contributed by atoms with E-state index in [1.807, 2.05) is 12.1 Å². The zero-order valence-electron chi connectivity index (χ0n) is 14.0. The van der Waals surface area contributed by atoms with Gasteiger partial charge >= 0.3 is 0 Å². The highest BCUT2D eigenvalue weighted by atomic mass is 14.7. The van der Waals surface area contributed by atoms with E-state index in [1.54, 1.807) is 0 Å². The summed E-state index contributed by atoms with van der Waals surface area (Å²) in [6, 6.07) is 23.3. The number of rotatable bonds is 2. The first-order valence-electron chi connectivity index (χ1n) is 8.24. The van der Waals surface area contributed by atoms with Crippen molar-refractivity contribution in [1.29, 1.82) is 0 Å². The average Bonchev–Trinajstić information content (AvgIpc) is 2.58. The molecule has 4 aromatic rings. The molecule has 3 aromatic carbocycles. The van der Waals surface area contributed by atoms with Crippen molar-refractivity contribution in [1.82, 2.24) is 4.98 Å². The molecule has 1 aromatic heterocycles. The first-order valence-corrected chi connectivity index (χ1v) is 8.24. The molecule has 0 saturated heterocycles. The second-order valence-corrected chi connectivity index (χ2v) is 6.31. The predicted molar refractivity (Wildman–Crippen MR) is 104 cm³/mol. The molecular formula is C23H19N. The van der Waals surface area contributed by atoms with Crippen LogP contribution in [0.2, 0.25) is 0 Å². The van der Waals surface area contributed by atoms with Crippen LogP contribution in [0.25, 0.3) is 34.0 Å². The van der Waals surface area contributed by atoms with Crippen molar-refractivity contribution in [3.8, 4) is 0 Å². The van der Waals surface area contributed by atoms with Crippen molar-refractivity contribution in [2.24, 2.45) is 0 Å². The lowest BCUT2D eigenvalue weighted by Gasteiger charge is -2.07. The Hall–Kier alpha value is -2.93. The van der Waals surface area contributed by atoms with Crippen LogP contribution in [0.1, 0.15) is 22.3 Å². The number of aryl methyl sites for hydroxylation is 2. The number of nitrogens with zero attached hydrogens (tertiary/aromatic N) is 1. The van der Waals surface area contributed by atoms with Crippen molar-refractivity contribution < 1.29 is 0 Å². The number of benzene rings is 3. The fourth-order valence-electron chi connectivity index (χ4n) is 3.34. The topological polar surface area (TPSA) is 12.9 Å². The molecule has 24 heavy (non-hydrogen) atoms. The summed E-state index contributed by atoms with van der Waals surface area (Å²) in [6.07, 6.45) is 4.43. The molecule has 0 atom stereocenters. The average molecular weight is 309 g/mol. The van der Waals surface area contributed by atoms with Crippen LogP contribution in [-0.4, -0.2) is 4.98 Å². The van der Waals surface area contributed by atoms with Gasteiger partial charge in [0.2, 0.25) is 0 Å². The molecule has 0 aliphatic carbocycles. The normalized spacial score (nSPS) is 11.6. The molecule has 0 radical (unpaired) electrons. The Morgan fingerprint density at radius 3 is 1.79 bits per heavy atom. The Labute approximate surface area is 142 Å². The predicted octanol–water partition coefficient (Wildman–Crippen LogP) is 6.18. The lowest BCUT2D eigenvalue weighted by Crippen LogP contribution is -1.87. The zero-order chi connectivity index (χ0) is 16.5. The van der Waals surface area contributed by atoms with Gasteiger partial charge in [0.15, 0.2) is 0 Å². The summed E-state index contributed by atoms with van der Waals surface area (Å²) in [6.45, 7) is 4.28. The molecule has 0 saturated carbocycles. The molecule has 0 bridgehead atoms. The standard InChI is InChI=1S/C23H19N/c1-16-13-17(2)15-18(14-16)11-12-19-20-7-3-5-9-22(20)24-23-10-6-4-8-21(19)23/h3-15H,1-2H3. The first kappa shape index (κ1) is 14.6. The van der Waals surface area contributed by atoms with Crippen molar-refractivity contribution in [3.05, 3.63) is 89.0 Å². The molecule has 0 amide bonds. The fraction of sp³-hybridized carbons (Fsp3) is 0.0870. The maximum atomic E-state index is 4.79. The van der Waals surface area contributed by atoms with Crippen LogP contribution in [0.3, 0.4) is 0 Å². The van der Waals surface area contributed by atoms with Gasteiger partial charge in [-0.2, -0.15) is 0 Å². The molecule has 0 N–H and O–H groups in total. The number of pyridine rings is 1. The number of para-hydroxylation sites is 2. The third kappa shape index (κ3) is 2.69. The van der Waals surface area contributed by atoms with Crippen molar-refractivity contribution >= 4 is 34.0 Å². The van der Waals surface area contributed by atoms with E-state index in [2.05, 4.69) is 80.6 Å². The molecule has 116 valence electrons. The highest BCUT2D eigenvalue weighted by Crippen LogP contribution is 2.27. The molecular weight excluding hydrogens is 290 g/mol.